The van der Waals surface area contributed by atoms with E-state index in [1.807, 2.05) is 60.7 Å². The van der Waals surface area contributed by atoms with E-state index in [1.165, 1.54) is 12.1 Å². The van der Waals surface area contributed by atoms with Crippen molar-refractivity contribution in [1.29, 1.82) is 0 Å². The number of nitrogens with zero attached hydrogens (tertiary/aromatic N) is 3. The van der Waals surface area contributed by atoms with Crippen LogP contribution in [0.25, 0.3) is 33.8 Å². The Morgan fingerprint density at radius 2 is 1.35 bits per heavy atom. The van der Waals surface area contributed by atoms with Crippen LogP contribution in [-0.4, -0.2) is 15.0 Å². The lowest BCUT2D eigenvalue weighted by Gasteiger charge is -2.15. The van der Waals surface area contributed by atoms with Gasteiger partial charge in [0, 0.05) is 29.1 Å². The minimum Gasteiger partial charge on any atom is -0.322 e. The van der Waals surface area contributed by atoms with E-state index in [1.54, 1.807) is 24.5 Å². The van der Waals surface area contributed by atoms with Crippen LogP contribution in [0.3, 0.4) is 0 Å². The van der Waals surface area contributed by atoms with E-state index in [0.717, 1.165) is 39.2 Å². The van der Waals surface area contributed by atoms with Crippen molar-refractivity contribution in [2.24, 2.45) is 5.73 Å². The lowest BCUT2D eigenvalue weighted by Crippen LogP contribution is -2.16. The number of hydrogen-bond donors (Lipinski definition) is 1. The largest absolute Gasteiger partial charge is 0.322 e. The molecule has 5 rings (SSSR count). The van der Waals surface area contributed by atoms with Crippen molar-refractivity contribution in [3.63, 3.8) is 0 Å². The van der Waals surface area contributed by atoms with Crippen molar-refractivity contribution in [2.75, 3.05) is 0 Å². The number of benzene rings is 3. The van der Waals surface area contributed by atoms with Crippen LogP contribution >= 0.6 is 0 Å². The third kappa shape index (κ3) is 4.90. The van der Waals surface area contributed by atoms with E-state index in [0.29, 0.717) is 12.2 Å². The van der Waals surface area contributed by atoms with Gasteiger partial charge >= 0.3 is 0 Å². The average Bonchev–Trinajstić information content (AvgIpc) is 2.90. The summed E-state index contributed by atoms with van der Waals surface area (Å²) < 4.78 is 13.4. The summed E-state index contributed by atoms with van der Waals surface area (Å²) >= 11 is 0. The fraction of sp³-hybridized carbons (Fsp3) is 0.0690. The van der Waals surface area contributed by atoms with E-state index in [9.17, 15) is 4.39 Å². The Labute approximate surface area is 198 Å². The van der Waals surface area contributed by atoms with Crippen molar-refractivity contribution < 1.29 is 4.39 Å². The molecule has 2 heterocycles. The second-order valence-corrected chi connectivity index (χ2v) is 8.13. The Hall–Kier alpha value is -4.22. The van der Waals surface area contributed by atoms with Gasteiger partial charge in [-0.2, -0.15) is 0 Å². The summed E-state index contributed by atoms with van der Waals surface area (Å²) in [7, 11) is 0. The highest BCUT2D eigenvalue weighted by molar-refractivity contribution is 5.71. The first-order valence-corrected chi connectivity index (χ1v) is 11.1. The predicted octanol–water partition coefficient (Wildman–Crippen LogP) is 6.25. The number of rotatable bonds is 6. The molecule has 166 valence electrons. The van der Waals surface area contributed by atoms with Gasteiger partial charge in [-0.25, -0.2) is 14.4 Å². The van der Waals surface area contributed by atoms with E-state index in [2.05, 4.69) is 17.1 Å². The number of nitrogens with two attached hydrogens (primary N) is 1. The molecule has 0 saturated carbocycles. The maximum atomic E-state index is 13.4. The van der Waals surface area contributed by atoms with Gasteiger partial charge in [-0.15, -0.1) is 0 Å². The third-order valence-electron chi connectivity index (χ3n) is 5.67. The van der Waals surface area contributed by atoms with Gasteiger partial charge in [0.05, 0.1) is 17.4 Å². The maximum Gasteiger partial charge on any atom is 0.160 e. The van der Waals surface area contributed by atoms with Crippen molar-refractivity contribution in [3.8, 4) is 33.8 Å². The third-order valence-corrected chi connectivity index (χ3v) is 5.67. The summed E-state index contributed by atoms with van der Waals surface area (Å²) in [6, 6.07) is 30.0. The number of pyridine rings is 1. The van der Waals surface area contributed by atoms with Gasteiger partial charge in [-0.3, -0.25) is 4.98 Å². The zero-order chi connectivity index (χ0) is 23.3. The Morgan fingerprint density at radius 1 is 0.676 bits per heavy atom. The van der Waals surface area contributed by atoms with E-state index >= 15 is 0 Å². The Morgan fingerprint density at radius 3 is 2.09 bits per heavy atom. The van der Waals surface area contributed by atoms with Crippen LogP contribution in [0.1, 0.15) is 17.3 Å². The van der Waals surface area contributed by atoms with E-state index in [4.69, 9.17) is 15.7 Å². The SMILES string of the molecule is NC(Cc1ccccc1)c1cc(-c2cncc(-c3ccc(F)cc3)c2)nc(-c2ccccc2)n1. The summed E-state index contributed by atoms with van der Waals surface area (Å²) in [5.74, 6) is 0.344. The maximum absolute atomic E-state index is 13.4. The highest BCUT2D eigenvalue weighted by Gasteiger charge is 2.15. The summed E-state index contributed by atoms with van der Waals surface area (Å²) in [5.41, 5.74) is 12.8. The zero-order valence-electron chi connectivity index (χ0n) is 18.5. The van der Waals surface area contributed by atoms with E-state index < -0.39 is 0 Å². The highest BCUT2D eigenvalue weighted by Crippen LogP contribution is 2.28. The molecule has 0 fully saturated rings. The molecular weight excluding hydrogens is 423 g/mol. The molecule has 0 radical (unpaired) electrons. The van der Waals surface area contributed by atoms with Crippen LogP contribution in [-0.2, 0) is 6.42 Å². The van der Waals surface area contributed by atoms with Crippen LogP contribution in [0, 0.1) is 5.82 Å². The first-order valence-electron chi connectivity index (χ1n) is 11.1. The molecule has 34 heavy (non-hydrogen) atoms. The smallest absolute Gasteiger partial charge is 0.160 e. The van der Waals surface area contributed by atoms with Crippen LogP contribution < -0.4 is 5.73 Å². The van der Waals surface area contributed by atoms with Gasteiger partial charge in [-0.1, -0.05) is 72.8 Å². The van der Waals surface area contributed by atoms with Crippen molar-refractivity contribution >= 4 is 0 Å². The summed E-state index contributed by atoms with van der Waals surface area (Å²) in [6.45, 7) is 0. The molecule has 5 aromatic rings. The molecule has 3 aromatic carbocycles. The first-order chi connectivity index (χ1) is 16.7. The Bertz CT molecular complexity index is 1390. The molecule has 5 heteroatoms. The minimum absolute atomic E-state index is 0.270. The van der Waals surface area contributed by atoms with Gasteiger partial charge < -0.3 is 5.73 Å². The van der Waals surface area contributed by atoms with Gasteiger partial charge in [0.25, 0.3) is 0 Å². The molecule has 4 nitrogen and oxygen atoms in total. The number of halogens is 1. The minimum atomic E-state index is -0.292. The second-order valence-electron chi connectivity index (χ2n) is 8.13. The summed E-state index contributed by atoms with van der Waals surface area (Å²) in [5, 5.41) is 0. The molecule has 2 N–H and O–H groups in total. The normalized spacial score (nSPS) is 11.8. The van der Waals surface area contributed by atoms with Gasteiger partial charge in [0.1, 0.15) is 5.82 Å². The Kier molecular flexibility index (Phi) is 6.19. The van der Waals surface area contributed by atoms with Crippen LogP contribution in [0.4, 0.5) is 4.39 Å². The van der Waals surface area contributed by atoms with Crippen molar-refractivity contribution in [2.45, 2.75) is 12.5 Å². The molecule has 0 aliphatic rings. The second kappa shape index (κ2) is 9.73. The van der Waals surface area contributed by atoms with Gasteiger partial charge in [0.2, 0.25) is 0 Å². The summed E-state index contributed by atoms with van der Waals surface area (Å²) in [4.78, 5) is 14.1. The molecular formula is C29H23FN4. The highest BCUT2D eigenvalue weighted by atomic mass is 19.1. The quantitative estimate of drug-likeness (QED) is 0.335. The van der Waals surface area contributed by atoms with E-state index in [-0.39, 0.29) is 11.9 Å². The average molecular weight is 447 g/mol. The fourth-order valence-corrected chi connectivity index (χ4v) is 3.87. The van der Waals surface area contributed by atoms with Crippen LogP contribution in [0.15, 0.2) is 109 Å². The molecule has 0 aliphatic carbocycles. The van der Waals surface area contributed by atoms with Gasteiger partial charge in [0.15, 0.2) is 5.82 Å². The topological polar surface area (TPSA) is 64.7 Å². The van der Waals surface area contributed by atoms with Crippen molar-refractivity contribution in [1.82, 2.24) is 15.0 Å². The van der Waals surface area contributed by atoms with Crippen LogP contribution in [0.5, 0.6) is 0 Å². The molecule has 0 spiro atoms. The molecule has 0 saturated heterocycles. The number of hydrogen-bond acceptors (Lipinski definition) is 4. The lowest BCUT2D eigenvalue weighted by molar-refractivity contribution is 0.628. The predicted molar refractivity (Wildman–Crippen MR) is 133 cm³/mol. The first kappa shape index (κ1) is 21.6. The molecule has 1 unspecified atom stereocenters. The molecule has 0 aliphatic heterocycles. The monoisotopic (exact) mass is 446 g/mol. The fourth-order valence-electron chi connectivity index (χ4n) is 3.87. The van der Waals surface area contributed by atoms with Crippen molar-refractivity contribution in [3.05, 3.63) is 127 Å². The molecule has 1 atom stereocenters. The lowest BCUT2D eigenvalue weighted by atomic mass is 10.0. The number of aromatic nitrogens is 3. The molecule has 2 aromatic heterocycles. The molecule has 0 bridgehead atoms. The van der Waals surface area contributed by atoms with Gasteiger partial charge in [-0.05, 0) is 41.8 Å². The summed E-state index contributed by atoms with van der Waals surface area (Å²) in [6.07, 6.45) is 4.20. The standard InChI is InChI=1S/C29H23FN4/c30-25-13-11-21(12-14-25)23-16-24(19-32-18-23)27-17-28(26(31)15-20-7-3-1-4-8-20)34-29(33-27)22-9-5-2-6-10-22/h1-14,16-19,26H,15,31H2. The van der Waals surface area contributed by atoms with Crippen LogP contribution in [0.2, 0.25) is 0 Å². The molecule has 0 amide bonds. The zero-order valence-corrected chi connectivity index (χ0v) is 18.5. The Balaban J connectivity index is 1.57.